The molecule has 1 atom stereocenters. The summed E-state index contributed by atoms with van der Waals surface area (Å²) in [5.74, 6) is -2.26. The Kier molecular flexibility index (Phi) is 3.98. The van der Waals surface area contributed by atoms with E-state index in [-0.39, 0.29) is 17.1 Å². The lowest BCUT2D eigenvalue weighted by atomic mass is 10.1. The zero-order valence-corrected chi connectivity index (χ0v) is 10.7. The summed E-state index contributed by atoms with van der Waals surface area (Å²) >= 11 is 0. The Morgan fingerprint density at radius 2 is 1.90 bits per heavy atom. The smallest absolute Gasteiger partial charge is 0.337 e. The Morgan fingerprint density at radius 3 is 2.55 bits per heavy atom. The molecule has 20 heavy (non-hydrogen) atoms. The van der Waals surface area contributed by atoms with Crippen LogP contribution in [0.3, 0.4) is 0 Å². The SMILES string of the molecule is CC(Nc1ccc(F)cc1C(=O)O)c1ccccc1F. The van der Waals surface area contributed by atoms with Crippen LogP contribution >= 0.6 is 0 Å². The van der Waals surface area contributed by atoms with E-state index in [2.05, 4.69) is 5.32 Å². The molecule has 2 aromatic rings. The molecule has 3 nitrogen and oxygen atoms in total. The molecule has 2 N–H and O–H groups in total. The van der Waals surface area contributed by atoms with Gasteiger partial charge in [-0.25, -0.2) is 13.6 Å². The van der Waals surface area contributed by atoms with Crippen LogP contribution in [0.25, 0.3) is 0 Å². The second-order valence-corrected chi connectivity index (χ2v) is 4.38. The highest BCUT2D eigenvalue weighted by Crippen LogP contribution is 2.24. The van der Waals surface area contributed by atoms with Crippen molar-refractivity contribution >= 4 is 11.7 Å². The molecule has 2 aromatic carbocycles. The van der Waals surface area contributed by atoms with E-state index in [0.717, 1.165) is 12.1 Å². The van der Waals surface area contributed by atoms with E-state index in [9.17, 15) is 13.6 Å². The lowest BCUT2D eigenvalue weighted by Crippen LogP contribution is -2.12. The second-order valence-electron chi connectivity index (χ2n) is 4.38. The van der Waals surface area contributed by atoms with Gasteiger partial charge in [-0.3, -0.25) is 0 Å². The lowest BCUT2D eigenvalue weighted by molar-refractivity contribution is 0.0697. The lowest BCUT2D eigenvalue weighted by Gasteiger charge is -2.18. The van der Waals surface area contributed by atoms with Crippen LogP contribution in [0.5, 0.6) is 0 Å². The molecule has 0 bridgehead atoms. The number of halogens is 2. The fourth-order valence-electron chi connectivity index (χ4n) is 1.96. The van der Waals surface area contributed by atoms with Crippen molar-refractivity contribution in [3.8, 4) is 0 Å². The number of aromatic carboxylic acids is 1. The number of hydrogen-bond donors (Lipinski definition) is 2. The topological polar surface area (TPSA) is 49.3 Å². The first-order valence-electron chi connectivity index (χ1n) is 6.03. The van der Waals surface area contributed by atoms with Crippen molar-refractivity contribution in [1.29, 1.82) is 0 Å². The molecule has 104 valence electrons. The quantitative estimate of drug-likeness (QED) is 0.892. The van der Waals surface area contributed by atoms with Gasteiger partial charge in [-0.15, -0.1) is 0 Å². The highest BCUT2D eigenvalue weighted by atomic mass is 19.1. The van der Waals surface area contributed by atoms with Crippen LogP contribution < -0.4 is 5.32 Å². The first kappa shape index (κ1) is 14.0. The molecule has 0 fully saturated rings. The summed E-state index contributed by atoms with van der Waals surface area (Å²) in [6.45, 7) is 1.70. The summed E-state index contributed by atoms with van der Waals surface area (Å²) in [4.78, 5) is 11.1. The number of nitrogens with one attached hydrogen (secondary N) is 1. The third-order valence-electron chi connectivity index (χ3n) is 2.96. The van der Waals surface area contributed by atoms with Gasteiger partial charge in [0, 0.05) is 11.3 Å². The van der Waals surface area contributed by atoms with Gasteiger partial charge < -0.3 is 10.4 Å². The normalized spacial score (nSPS) is 11.9. The van der Waals surface area contributed by atoms with E-state index in [4.69, 9.17) is 5.11 Å². The van der Waals surface area contributed by atoms with Crippen LogP contribution in [0, 0.1) is 11.6 Å². The van der Waals surface area contributed by atoms with Crippen molar-refractivity contribution in [2.45, 2.75) is 13.0 Å². The summed E-state index contributed by atoms with van der Waals surface area (Å²) in [6.07, 6.45) is 0. The maximum atomic E-state index is 13.6. The summed E-state index contributed by atoms with van der Waals surface area (Å²) in [5.41, 5.74) is 0.469. The van der Waals surface area contributed by atoms with Crippen molar-refractivity contribution in [2.24, 2.45) is 0 Å². The molecule has 0 heterocycles. The highest BCUT2D eigenvalue weighted by Gasteiger charge is 2.15. The van der Waals surface area contributed by atoms with E-state index in [1.165, 1.54) is 12.1 Å². The molecule has 0 radical (unpaired) electrons. The highest BCUT2D eigenvalue weighted by molar-refractivity contribution is 5.94. The zero-order valence-electron chi connectivity index (χ0n) is 10.7. The van der Waals surface area contributed by atoms with Gasteiger partial charge in [0.05, 0.1) is 11.6 Å². The Bertz CT molecular complexity index is 644. The van der Waals surface area contributed by atoms with Gasteiger partial charge in [-0.05, 0) is 31.2 Å². The number of benzene rings is 2. The van der Waals surface area contributed by atoms with Gasteiger partial charge in [-0.2, -0.15) is 0 Å². The molecule has 0 saturated heterocycles. The average Bonchev–Trinajstić information content (AvgIpc) is 2.41. The number of carboxylic acids is 1. The monoisotopic (exact) mass is 277 g/mol. The third kappa shape index (κ3) is 2.93. The first-order valence-corrected chi connectivity index (χ1v) is 6.03. The van der Waals surface area contributed by atoms with E-state index < -0.39 is 17.8 Å². The molecule has 5 heteroatoms. The Hall–Kier alpha value is -2.43. The molecule has 0 saturated carbocycles. The molecule has 0 aliphatic rings. The van der Waals surface area contributed by atoms with Crippen LogP contribution in [0.2, 0.25) is 0 Å². The summed E-state index contributed by atoms with van der Waals surface area (Å²) < 4.78 is 26.7. The predicted octanol–water partition coefficient (Wildman–Crippen LogP) is 3.84. The van der Waals surface area contributed by atoms with Crippen LogP contribution in [0.4, 0.5) is 14.5 Å². The molecule has 0 spiro atoms. The van der Waals surface area contributed by atoms with Crippen molar-refractivity contribution in [2.75, 3.05) is 5.32 Å². The molecular weight excluding hydrogens is 264 g/mol. The summed E-state index contributed by atoms with van der Waals surface area (Å²) in [5, 5.41) is 11.9. The Labute approximate surface area is 114 Å². The maximum Gasteiger partial charge on any atom is 0.337 e. The van der Waals surface area contributed by atoms with Crippen LogP contribution in [0.1, 0.15) is 28.9 Å². The number of hydrogen-bond acceptors (Lipinski definition) is 2. The zero-order chi connectivity index (χ0) is 14.7. The summed E-state index contributed by atoms with van der Waals surface area (Å²) in [7, 11) is 0. The minimum Gasteiger partial charge on any atom is -0.478 e. The fraction of sp³-hybridized carbons (Fsp3) is 0.133. The van der Waals surface area contributed by atoms with E-state index in [0.29, 0.717) is 5.56 Å². The number of carbonyl (C=O) groups is 1. The predicted molar refractivity (Wildman–Crippen MR) is 71.8 cm³/mol. The molecule has 0 aromatic heterocycles. The van der Waals surface area contributed by atoms with Gasteiger partial charge in [0.15, 0.2) is 0 Å². The molecule has 0 aliphatic heterocycles. The molecular formula is C15H13F2NO2. The minimum absolute atomic E-state index is 0.187. The van der Waals surface area contributed by atoms with Gasteiger partial charge in [0.1, 0.15) is 11.6 Å². The average molecular weight is 277 g/mol. The van der Waals surface area contributed by atoms with Crippen molar-refractivity contribution < 1.29 is 18.7 Å². The molecule has 1 unspecified atom stereocenters. The van der Waals surface area contributed by atoms with E-state index in [1.807, 2.05) is 0 Å². The maximum absolute atomic E-state index is 13.6. The van der Waals surface area contributed by atoms with Gasteiger partial charge in [0.25, 0.3) is 0 Å². The van der Waals surface area contributed by atoms with Gasteiger partial charge in [-0.1, -0.05) is 18.2 Å². The molecule has 0 aliphatic carbocycles. The van der Waals surface area contributed by atoms with Crippen molar-refractivity contribution in [3.63, 3.8) is 0 Å². The van der Waals surface area contributed by atoms with Crippen LogP contribution in [0.15, 0.2) is 42.5 Å². The second kappa shape index (κ2) is 5.69. The van der Waals surface area contributed by atoms with Crippen molar-refractivity contribution in [3.05, 3.63) is 65.2 Å². The first-order chi connectivity index (χ1) is 9.49. The van der Waals surface area contributed by atoms with Crippen LogP contribution in [-0.2, 0) is 0 Å². The largest absolute Gasteiger partial charge is 0.478 e. The van der Waals surface area contributed by atoms with Gasteiger partial charge >= 0.3 is 5.97 Å². The standard InChI is InChI=1S/C15H13F2NO2/c1-9(11-4-2-3-5-13(11)17)18-14-7-6-10(16)8-12(14)15(19)20/h2-9,18H,1H3,(H,19,20). The summed E-state index contributed by atoms with van der Waals surface area (Å²) in [6, 6.07) is 9.18. The number of anilines is 1. The fourth-order valence-corrected chi connectivity index (χ4v) is 1.96. The minimum atomic E-state index is -1.24. The third-order valence-corrected chi connectivity index (χ3v) is 2.96. The van der Waals surface area contributed by atoms with E-state index in [1.54, 1.807) is 25.1 Å². The van der Waals surface area contributed by atoms with Gasteiger partial charge in [0.2, 0.25) is 0 Å². The molecule has 0 amide bonds. The van der Waals surface area contributed by atoms with Crippen molar-refractivity contribution in [1.82, 2.24) is 0 Å². The number of carboxylic acid groups (broad SMARTS) is 1. The number of rotatable bonds is 4. The Morgan fingerprint density at radius 1 is 1.20 bits per heavy atom. The Balaban J connectivity index is 2.31. The molecule has 2 rings (SSSR count). The van der Waals surface area contributed by atoms with Crippen LogP contribution in [-0.4, -0.2) is 11.1 Å². The van der Waals surface area contributed by atoms with E-state index >= 15 is 0 Å².